The van der Waals surface area contributed by atoms with Gasteiger partial charge in [-0.2, -0.15) is 0 Å². The van der Waals surface area contributed by atoms with Gasteiger partial charge in [-0.15, -0.1) is 0 Å². The molecular formula is C18H26N2O2. The number of hydrogen-bond donors (Lipinski definition) is 1. The number of carbonyl (C=O) groups is 2. The van der Waals surface area contributed by atoms with E-state index in [0.717, 1.165) is 18.5 Å². The molecule has 1 fully saturated rings. The molecule has 120 valence electrons. The van der Waals surface area contributed by atoms with Crippen LogP contribution in [0.2, 0.25) is 0 Å². The van der Waals surface area contributed by atoms with Crippen molar-refractivity contribution < 1.29 is 9.59 Å². The van der Waals surface area contributed by atoms with Crippen molar-refractivity contribution in [2.45, 2.75) is 40.5 Å². The number of nitrogens with zero attached hydrogens (tertiary/aromatic N) is 1. The fraction of sp³-hybridized carbons (Fsp3) is 0.556. The summed E-state index contributed by atoms with van der Waals surface area (Å²) in [6.45, 7) is 9.30. The Morgan fingerprint density at radius 1 is 1.14 bits per heavy atom. The molecule has 22 heavy (non-hydrogen) atoms. The molecule has 0 spiro atoms. The first-order chi connectivity index (χ1) is 10.4. The molecule has 1 N–H and O–H groups in total. The van der Waals surface area contributed by atoms with Gasteiger partial charge in [0, 0.05) is 30.6 Å². The van der Waals surface area contributed by atoms with Gasteiger partial charge in [0.25, 0.3) is 0 Å². The van der Waals surface area contributed by atoms with Gasteiger partial charge in [-0.25, -0.2) is 0 Å². The van der Waals surface area contributed by atoms with E-state index in [1.54, 1.807) is 0 Å². The standard InChI is InChI=1S/C18H26N2O2/c1-12(2)18(22)20-9-7-15(8-10-20)17(21)19-16-6-5-13(3)14(4)11-16/h5-6,11-12,15H,7-10H2,1-4H3,(H,19,21). The zero-order valence-electron chi connectivity index (χ0n) is 14.0. The lowest BCUT2D eigenvalue weighted by molar-refractivity contribution is -0.137. The summed E-state index contributed by atoms with van der Waals surface area (Å²) < 4.78 is 0. The highest BCUT2D eigenvalue weighted by atomic mass is 16.2. The van der Waals surface area contributed by atoms with Crippen LogP contribution in [0.5, 0.6) is 0 Å². The molecule has 1 heterocycles. The minimum Gasteiger partial charge on any atom is -0.342 e. The molecule has 4 nitrogen and oxygen atoms in total. The third-order valence-electron chi connectivity index (χ3n) is 4.45. The molecule has 1 aliphatic heterocycles. The molecule has 2 amide bonds. The predicted octanol–water partition coefficient (Wildman–Crippen LogP) is 3.14. The first kappa shape index (κ1) is 16.5. The summed E-state index contributed by atoms with van der Waals surface area (Å²) in [5.74, 6) is 0.284. The van der Waals surface area contributed by atoms with Gasteiger partial charge in [0.15, 0.2) is 0 Å². The maximum atomic E-state index is 12.4. The molecule has 0 atom stereocenters. The molecular weight excluding hydrogens is 276 g/mol. The van der Waals surface area contributed by atoms with Gasteiger partial charge in [0.05, 0.1) is 0 Å². The number of likely N-dealkylation sites (tertiary alicyclic amines) is 1. The lowest BCUT2D eigenvalue weighted by Gasteiger charge is -2.32. The fourth-order valence-electron chi connectivity index (χ4n) is 2.79. The summed E-state index contributed by atoms with van der Waals surface area (Å²) >= 11 is 0. The maximum Gasteiger partial charge on any atom is 0.227 e. The summed E-state index contributed by atoms with van der Waals surface area (Å²) in [6, 6.07) is 5.97. The average molecular weight is 302 g/mol. The lowest BCUT2D eigenvalue weighted by Crippen LogP contribution is -2.43. The molecule has 0 aromatic heterocycles. The molecule has 4 heteroatoms. The molecule has 0 saturated carbocycles. The van der Waals surface area contributed by atoms with Crippen LogP contribution in [0.3, 0.4) is 0 Å². The summed E-state index contributed by atoms with van der Waals surface area (Å²) in [6.07, 6.45) is 1.49. The number of carbonyl (C=O) groups excluding carboxylic acids is 2. The molecule has 2 rings (SSSR count). The Hall–Kier alpha value is -1.84. The van der Waals surface area contributed by atoms with Crippen molar-refractivity contribution in [1.29, 1.82) is 0 Å². The Morgan fingerprint density at radius 2 is 1.77 bits per heavy atom. The zero-order chi connectivity index (χ0) is 16.3. The van der Waals surface area contributed by atoms with Gasteiger partial charge in [0.1, 0.15) is 0 Å². The minimum atomic E-state index is -0.00202. The predicted molar refractivity (Wildman–Crippen MR) is 88.7 cm³/mol. The van der Waals surface area contributed by atoms with Gasteiger partial charge >= 0.3 is 0 Å². The smallest absolute Gasteiger partial charge is 0.227 e. The van der Waals surface area contributed by atoms with Gasteiger partial charge in [-0.3, -0.25) is 9.59 Å². The highest BCUT2D eigenvalue weighted by molar-refractivity contribution is 5.93. The van der Waals surface area contributed by atoms with Crippen LogP contribution in [-0.2, 0) is 9.59 Å². The van der Waals surface area contributed by atoms with Crippen molar-refractivity contribution in [3.63, 3.8) is 0 Å². The number of benzene rings is 1. The van der Waals surface area contributed by atoms with Crippen molar-refractivity contribution in [3.8, 4) is 0 Å². The van der Waals surface area contributed by atoms with Gasteiger partial charge < -0.3 is 10.2 Å². The highest BCUT2D eigenvalue weighted by Crippen LogP contribution is 2.21. The van der Waals surface area contributed by atoms with Crippen molar-refractivity contribution in [2.75, 3.05) is 18.4 Å². The fourth-order valence-corrected chi connectivity index (χ4v) is 2.79. The lowest BCUT2D eigenvalue weighted by atomic mass is 9.95. The Balaban J connectivity index is 1.89. The van der Waals surface area contributed by atoms with E-state index in [1.165, 1.54) is 11.1 Å². The second-order valence-corrected chi connectivity index (χ2v) is 6.54. The van der Waals surface area contributed by atoms with Crippen LogP contribution in [0, 0.1) is 25.7 Å². The molecule has 0 bridgehead atoms. The van der Waals surface area contributed by atoms with E-state index in [2.05, 4.69) is 12.2 Å². The van der Waals surface area contributed by atoms with Crippen LogP contribution in [0.1, 0.15) is 37.8 Å². The molecule has 0 radical (unpaired) electrons. The quantitative estimate of drug-likeness (QED) is 0.932. The number of piperidine rings is 1. The van der Waals surface area contributed by atoms with Gasteiger partial charge in [0.2, 0.25) is 11.8 Å². The zero-order valence-corrected chi connectivity index (χ0v) is 14.0. The highest BCUT2D eigenvalue weighted by Gasteiger charge is 2.28. The van der Waals surface area contributed by atoms with Crippen molar-refractivity contribution in [1.82, 2.24) is 4.90 Å². The molecule has 1 aliphatic rings. The van der Waals surface area contributed by atoms with E-state index in [0.29, 0.717) is 13.1 Å². The summed E-state index contributed by atoms with van der Waals surface area (Å²) in [5.41, 5.74) is 3.25. The Kier molecular flexibility index (Phi) is 5.22. The van der Waals surface area contributed by atoms with Crippen LogP contribution < -0.4 is 5.32 Å². The number of rotatable bonds is 3. The van der Waals surface area contributed by atoms with Crippen molar-refractivity contribution >= 4 is 17.5 Å². The monoisotopic (exact) mass is 302 g/mol. The topological polar surface area (TPSA) is 49.4 Å². The first-order valence-corrected chi connectivity index (χ1v) is 8.05. The molecule has 0 aliphatic carbocycles. The van der Waals surface area contributed by atoms with Crippen LogP contribution in [0.25, 0.3) is 0 Å². The van der Waals surface area contributed by atoms with Crippen LogP contribution in [0.15, 0.2) is 18.2 Å². The van der Waals surface area contributed by atoms with E-state index in [9.17, 15) is 9.59 Å². The van der Waals surface area contributed by atoms with Crippen LogP contribution in [-0.4, -0.2) is 29.8 Å². The summed E-state index contributed by atoms with van der Waals surface area (Å²) in [5, 5.41) is 3.00. The largest absolute Gasteiger partial charge is 0.342 e. The van der Waals surface area contributed by atoms with E-state index in [-0.39, 0.29) is 23.7 Å². The van der Waals surface area contributed by atoms with Crippen molar-refractivity contribution in [2.24, 2.45) is 11.8 Å². The van der Waals surface area contributed by atoms with Crippen molar-refractivity contribution in [3.05, 3.63) is 29.3 Å². The van der Waals surface area contributed by atoms with Crippen LogP contribution in [0.4, 0.5) is 5.69 Å². The maximum absolute atomic E-state index is 12.4. The number of amides is 2. The van der Waals surface area contributed by atoms with E-state index in [1.807, 2.05) is 43.9 Å². The third-order valence-corrected chi connectivity index (χ3v) is 4.45. The minimum absolute atomic E-state index is 0.00202. The number of aryl methyl sites for hydroxylation is 2. The number of anilines is 1. The third kappa shape index (κ3) is 3.87. The molecule has 1 aromatic carbocycles. The Labute approximate surface area is 132 Å². The summed E-state index contributed by atoms with van der Waals surface area (Å²) in [7, 11) is 0. The molecule has 0 unspecified atom stereocenters. The first-order valence-electron chi connectivity index (χ1n) is 8.05. The van der Waals surface area contributed by atoms with E-state index < -0.39 is 0 Å². The van der Waals surface area contributed by atoms with E-state index in [4.69, 9.17) is 0 Å². The average Bonchev–Trinajstić information content (AvgIpc) is 2.50. The second-order valence-electron chi connectivity index (χ2n) is 6.54. The molecule has 1 aromatic rings. The normalized spacial score (nSPS) is 16.0. The Morgan fingerprint density at radius 3 is 2.32 bits per heavy atom. The van der Waals surface area contributed by atoms with Gasteiger partial charge in [-0.05, 0) is 49.9 Å². The second kappa shape index (κ2) is 6.95. The van der Waals surface area contributed by atoms with Crippen LogP contribution >= 0.6 is 0 Å². The number of nitrogens with one attached hydrogen (secondary N) is 1. The van der Waals surface area contributed by atoms with E-state index >= 15 is 0 Å². The SMILES string of the molecule is Cc1ccc(NC(=O)C2CCN(C(=O)C(C)C)CC2)cc1C. The Bertz CT molecular complexity index is 558. The number of hydrogen-bond acceptors (Lipinski definition) is 2. The van der Waals surface area contributed by atoms with Gasteiger partial charge in [-0.1, -0.05) is 19.9 Å². The molecule has 1 saturated heterocycles. The summed E-state index contributed by atoms with van der Waals surface area (Å²) in [4.78, 5) is 26.2.